The van der Waals surface area contributed by atoms with Crippen molar-refractivity contribution in [2.24, 2.45) is 0 Å². The van der Waals surface area contributed by atoms with Crippen LogP contribution in [-0.4, -0.2) is 34.9 Å². The van der Waals surface area contributed by atoms with Gasteiger partial charge in [0.2, 0.25) is 0 Å². The summed E-state index contributed by atoms with van der Waals surface area (Å²) in [4.78, 5) is 26.8. The summed E-state index contributed by atoms with van der Waals surface area (Å²) in [6.07, 6.45) is 4.53. The van der Waals surface area contributed by atoms with Crippen LogP contribution in [0.25, 0.3) is 0 Å². The van der Waals surface area contributed by atoms with Crippen molar-refractivity contribution in [3.05, 3.63) is 65.2 Å². The number of anilines is 1. The van der Waals surface area contributed by atoms with E-state index in [1.807, 2.05) is 24.0 Å². The van der Waals surface area contributed by atoms with Crippen LogP contribution in [0.4, 0.5) is 5.69 Å². The van der Waals surface area contributed by atoms with E-state index in [9.17, 15) is 9.59 Å². The molecule has 1 saturated heterocycles. The van der Waals surface area contributed by atoms with Crippen LogP contribution in [0, 0.1) is 6.92 Å². The van der Waals surface area contributed by atoms with E-state index in [1.54, 1.807) is 36.4 Å². The molecule has 2 aromatic rings. The van der Waals surface area contributed by atoms with Gasteiger partial charge in [0.15, 0.2) is 5.11 Å². The van der Waals surface area contributed by atoms with E-state index >= 15 is 0 Å². The smallest absolute Gasteiger partial charge is 0.257 e. The number of benzene rings is 2. The van der Waals surface area contributed by atoms with Crippen LogP contribution in [0.2, 0.25) is 0 Å². The van der Waals surface area contributed by atoms with Crippen LogP contribution in [0.5, 0.6) is 0 Å². The first-order valence-electron chi connectivity index (χ1n) is 9.61. The largest absolute Gasteiger partial charge is 0.339 e. The van der Waals surface area contributed by atoms with Gasteiger partial charge in [0, 0.05) is 29.9 Å². The third-order valence-electron chi connectivity index (χ3n) is 4.82. The van der Waals surface area contributed by atoms with Crippen molar-refractivity contribution in [2.45, 2.75) is 32.6 Å². The minimum Gasteiger partial charge on any atom is -0.339 e. The van der Waals surface area contributed by atoms with Crippen LogP contribution in [0.3, 0.4) is 0 Å². The Bertz CT molecular complexity index is 839. The van der Waals surface area contributed by atoms with Crippen LogP contribution >= 0.6 is 12.2 Å². The third-order valence-corrected chi connectivity index (χ3v) is 5.03. The van der Waals surface area contributed by atoms with Gasteiger partial charge in [-0.2, -0.15) is 0 Å². The number of carbonyl (C=O) groups excluding carboxylic acids is 2. The summed E-state index contributed by atoms with van der Waals surface area (Å²) in [6.45, 7) is 3.62. The lowest BCUT2D eigenvalue weighted by molar-refractivity contribution is 0.0761. The molecule has 146 valence electrons. The Kier molecular flexibility index (Phi) is 6.76. The predicted molar refractivity (Wildman–Crippen MR) is 116 cm³/mol. The first kappa shape index (κ1) is 20.0. The van der Waals surface area contributed by atoms with E-state index in [-0.39, 0.29) is 16.9 Å². The Hall–Kier alpha value is -2.73. The lowest BCUT2D eigenvalue weighted by Gasteiger charge is -2.20. The van der Waals surface area contributed by atoms with Crippen molar-refractivity contribution in [3.63, 3.8) is 0 Å². The highest BCUT2D eigenvalue weighted by molar-refractivity contribution is 7.80. The first-order valence-corrected chi connectivity index (χ1v) is 10.0. The summed E-state index contributed by atoms with van der Waals surface area (Å²) in [6, 6.07) is 14.5. The summed E-state index contributed by atoms with van der Waals surface area (Å²) in [7, 11) is 0. The van der Waals surface area contributed by atoms with Gasteiger partial charge in [0.1, 0.15) is 0 Å². The molecule has 0 radical (unpaired) electrons. The van der Waals surface area contributed by atoms with Gasteiger partial charge in [0.25, 0.3) is 11.8 Å². The maximum Gasteiger partial charge on any atom is 0.257 e. The molecule has 2 amide bonds. The normalized spacial score (nSPS) is 14.1. The highest BCUT2D eigenvalue weighted by Crippen LogP contribution is 2.15. The Morgan fingerprint density at radius 3 is 2.04 bits per heavy atom. The van der Waals surface area contributed by atoms with Crippen molar-refractivity contribution >= 4 is 34.8 Å². The molecule has 0 unspecified atom stereocenters. The van der Waals surface area contributed by atoms with E-state index in [4.69, 9.17) is 12.2 Å². The van der Waals surface area contributed by atoms with Crippen molar-refractivity contribution in [3.8, 4) is 0 Å². The van der Waals surface area contributed by atoms with Crippen molar-refractivity contribution < 1.29 is 9.59 Å². The van der Waals surface area contributed by atoms with Crippen molar-refractivity contribution in [1.82, 2.24) is 10.2 Å². The monoisotopic (exact) mass is 395 g/mol. The number of carbonyl (C=O) groups is 2. The molecule has 28 heavy (non-hydrogen) atoms. The number of aryl methyl sites for hydroxylation is 1. The quantitative estimate of drug-likeness (QED) is 0.767. The highest BCUT2D eigenvalue weighted by atomic mass is 32.1. The second kappa shape index (κ2) is 9.46. The van der Waals surface area contributed by atoms with Crippen LogP contribution in [-0.2, 0) is 0 Å². The maximum atomic E-state index is 12.6. The Labute approximate surface area is 171 Å². The summed E-state index contributed by atoms with van der Waals surface area (Å²) >= 11 is 5.22. The van der Waals surface area contributed by atoms with E-state index in [0.717, 1.165) is 37.2 Å². The fourth-order valence-corrected chi connectivity index (χ4v) is 3.41. The van der Waals surface area contributed by atoms with Gasteiger partial charge in [-0.1, -0.05) is 30.5 Å². The zero-order valence-corrected chi connectivity index (χ0v) is 16.8. The van der Waals surface area contributed by atoms with E-state index in [1.165, 1.54) is 12.8 Å². The Balaban J connectivity index is 1.56. The lowest BCUT2D eigenvalue weighted by Crippen LogP contribution is -2.34. The molecule has 5 nitrogen and oxygen atoms in total. The molecular formula is C22H25N3O2S. The molecule has 0 atom stereocenters. The second-order valence-electron chi connectivity index (χ2n) is 7.06. The summed E-state index contributed by atoms with van der Waals surface area (Å²) in [5, 5.41) is 5.87. The molecular weight excluding hydrogens is 370 g/mol. The molecule has 6 heteroatoms. The molecule has 0 bridgehead atoms. The number of nitrogens with zero attached hydrogens (tertiary/aromatic N) is 1. The van der Waals surface area contributed by atoms with Crippen LogP contribution in [0.15, 0.2) is 48.5 Å². The average Bonchev–Trinajstić information content (AvgIpc) is 2.98. The summed E-state index contributed by atoms with van der Waals surface area (Å²) in [5.41, 5.74) is 3.03. The molecule has 3 rings (SSSR count). The van der Waals surface area contributed by atoms with E-state index in [0.29, 0.717) is 11.1 Å². The predicted octanol–water partition coefficient (Wildman–Crippen LogP) is 4.14. The second-order valence-corrected chi connectivity index (χ2v) is 7.47. The van der Waals surface area contributed by atoms with E-state index < -0.39 is 0 Å². The van der Waals surface area contributed by atoms with Gasteiger partial charge in [-0.15, -0.1) is 0 Å². The number of rotatable bonds is 3. The Morgan fingerprint density at radius 2 is 1.43 bits per heavy atom. The molecule has 0 aromatic heterocycles. The molecule has 1 fully saturated rings. The Morgan fingerprint density at radius 1 is 0.857 bits per heavy atom. The number of thiocarbonyl (C=S) groups is 1. The lowest BCUT2D eigenvalue weighted by atomic mass is 10.1. The third kappa shape index (κ3) is 5.39. The van der Waals surface area contributed by atoms with Crippen molar-refractivity contribution in [2.75, 3.05) is 18.4 Å². The maximum absolute atomic E-state index is 12.6. The standard InChI is InChI=1S/C22H25N3O2S/c1-16-6-8-17(9-7-16)20(26)24-22(28)23-19-12-10-18(11-13-19)21(27)25-14-4-2-3-5-15-25/h6-13H,2-5,14-15H2,1H3,(H2,23,24,26,28). The van der Waals surface area contributed by atoms with Gasteiger partial charge in [-0.3, -0.25) is 14.9 Å². The molecule has 0 saturated carbocycles. The molecule has 2 aromatic carbocycles. The number of hydrogen-bond donors (Lipinski definition) is 2. The molecule has 1 aliphatic heterocycles. The van der Waals surface area contributed by atoms with Gasteiger partial charge in [-0.05, 0) is 68.4 Å². The SMILES string of the molecule is Cc1ccc(C(=O)NC(=S)Nc2ccc(C(=O)N3CCCCCC3)cc2)cc1. The minimum atomic E-state index is -0.259. The van der Waals surface area contributed by atoms with E-state index in [2.05, 4.69) is 10.6 Å². The van der Waals surface area contributed by atoms with Gasteiger partial charge in [-0.25, -0.2) is 0 Å². The fraction of sp³-hybridized carbons (Fsp3) is 0.318. The zero-order valence-electron chi connectivity index (χ0n) is 16.0. The number of likely N-dealkylation sites (tertiary alicyclic amines) is 1. The summed E-state index contributed by atoms with van der Waals surface area (Å²) < 4.78 is 0. The highest BCUT2D eigenvalue weighted by Gasteiger charge is 2.17. The van der Waals surface area contributed by atoms with Gasteiger partial charge < -0.3 is 10.2 Å². The van der Waals surface area contributed by atoms with Crippen LogP contribution < -0.4 is 10.6 Å². The fourth-order valence-electron chi connectivity index (χ4n) is 3.20. The number of amides is 2. The molecule has 0 spiro atoms. The average molecular weight is 396 g/mol. The molecule has 1 aliphatic rings. The minimum absolute atomic E-state index is 0.0729. The van der Waals surface area contributed by atoms with Gasteiger partial charge in [0.05, 0.1) is 0 Å². The molecule has 2 N–H and O–H groups in total. The first-order chi connectivity index (χ1) is 13.5. The topological polar surface area (TPSA) is 61.4 Å². The zero-order chi connectivity index (χ0) is 19.9. The molecule has 0 aliphatic carbocycles. The number of hydrogen-bond acceptors (Lipinski definition) is 3. The van der Waals surface area contributed by atoms with Crippen molar-refractivity contribution in [1.29, 1.82) is 0 Å². The number of nitrogens with one attached hydrogen (secondary N) is 2. The van der Waals surface area contributed by atoms with Crippen LogP contribution in [0.1, 0.15) is 52.0 Å². The molecule has 1 heterocycles. The van der Waals surface area contributed by atoms with Gasteiger partial charge >= 0.3 is 0 Å². The summed E-state index contributed by atoms with van der Waals surface area (Å²) in [5.74, 6) is -0.186.